The van der Waals surface area contributed by atoms with E-state index < -0.39 is 20.9 Å². The molecule has 0 atom stereocenters. The Kier molecular flexibility index (Phi) is 7.29. The Bertz CT molecular complexity index is 1620. The number of carbonyl (C=O) groups excluding carboxylic acids is 1. The van der Waals surface area contributed by atoms with Crippen molar-refractivity contribution in [2.24, 2.45) is 4.99 Å². The molecule has 0 fully saturated rings. The number of sulfonamides is 1. The van der Waals surface area contributed by atoms with Gasteiger partial charge >= 0.3 is 0 Å². The van der Waals surface area contributed by atoms with Crippen LogP contribution in [0.4, 0.5) is 11.4 Å². The lowest BCUT2D eigenvalue weighted by atomic mass is 10.2. The molecule has 0 aliphatic carbocycles. The van der Waals surface area contributed by atoms with E-state index >= 15 is 0 Å². The average molecular weight is 527 g/mol. The molecule has 0 saturated carbocycles. The van der Waals surface area contributed by atoms with Crippen molar-refractivity contribution >= 4 is 48.9 Å². The number of nitro groups is 1. The lowest BCUT2D eigenvalue weighted by molar-refractivity contribution is -0.384. The number of hydrogen-bond donors (Lipinski definition) is 1. The van der Waals surface area contributed by atoms with E-state index in [1.165, 1.54) is 36.4 Å². The number of rotatable bonds is 8. The summed E-state index contributed by atoms with van der Waals surface area (Å²) in [6.07, 6.45) is 0. The highest BCUT2D eigenvalue weighted by molar-refractivity contribution is 7.92. The smallest absolute Gasteiger partial charge is 0.281 e. The molecule has 3 aromatic carbocycles. The number of thiazole rings is 1. The molecule has 4 rings (SSSR count). The normalized spacial score (nSPS) is 12.1. The predicted octanol–water partition coefficient (Wildman–Crippen LogP) is 4.11. The van der Waals surface area contributed by atoms with Gasteiger partial charge in [0, 0.05) is 25.8 Å². The van der Waals surface area contributed by atoms with Crippen molar-refractivity contribution in [1.29, 1.82) is 0 Å². The highest BCUT2D eigenvalue weighted by Gasteiger charge is 2.19. The first-order chi connectivity index (χ1) is 17.2. The topological polar surface area (TPSA) is 133 Å². The number of nitrogens with one attached hydrogen (secondary N) is 1. The molecular weight excluding hydrogens is 504 g/mol. The minimum Gasteiger partial charge on any atom is -0.383 e. The van der Waals surface area contributed by atoms with Crippen molar-refractivity contribution in [2.45, 2.75) is 18.4 Å². The summed E-state index contributed by atoms with van der Waals surface area (Å²) in [6.45, 7) is 2.55. The number of aryl methyl sites for hydroxylation is 1. The molecule has 4 aromatic rings. The van der Waals surface area contributed by atoms with Crippen molar-refractivity contribution in [3.63, 3.8) is 0 Å². The Balaban J connectivity index is 1.75. The Hall–Kier alpha value is -3.87. The van der Waals surface area contributed by atoms with Crippen LogP contribution in [0.25, 0.3) is 10.2 Å². The number of para-hydroxylation sites is 1. The van der Waals surface area contributed by atoms with E-state index in [0.29, 0.717) is 28.2 Å². The zero-order chi connectivity index (χ0) is 25.9. The molecule has 1 amide bonds. The first-order valence-electron chi connectivity index (χ1n) is 10.7. The van der Waals surface area contributed by atoms with Crippen molar-refractivity contribution < 1.29 is 22.9 Å². The minimum atomic E-state index is -3.94. The Labute approximate surface area is 210 Å². The fourth-order valence-corrected chi connectivity index (χ4v) is 5.65. The largest absolute Gasteiger partial charge is 0.383 e. The van der Waals surface area contributed by atoms with Crippen molar-refractivity contribution in [1.82, 2.24) is 4.57 Å². The number of ether oxygens (including phenoxy) is 1. The molecule has 10 nitrogen and oxygen atoms in total. The summed E-state index contributed by atoms with van der Waals surface area (Å²) < 4.78 is 35.8. The molecule has 0 unspecified atom stereocenters. The molecule has 1 aromatic heterocycles. The van der Waals surface area contributed by atoms with Crippen molar-refractivity contribution in [3.8, 4) is 0 Å². The quantitative estimate of drug-likeness (QED) is 0.271. The zero-order valence-electron chi connectivity index (χ0n) is 19.4. The van der Waals surface area contributed by atoms with E-state index in [4.69, 9.17) is 4.74 Å². The van der Waals surface area contributed by atoms with Gasteiger partial charge in [0.05, 0.1) is 37.9 Å². The molecule has 186 valence electrons. The van der Waals surface area contributed by atoms with Gasteiger partial charge in [-0.15, -0.1) is 0 Å². The fraction of sp³-hybridized carbons (Fsp3) is 0.167. The van der Waals surface area contributed by atoms with Gasteiger partial charge in [0.2, 0.25) is 0 Å². The van der Waals surface area contributed by atoms with E-state index in [-0.39, 0.29) is 21.8 Å². The summed E-state index contributed by atoms with van der Waals surface area (Å²) in [6, 6.07) is 17.0. The SMILES string of the molecule is COCCn1c(=NC(=O)c2ccccc2NS(=O)(=O)c2ccc(C)cc2)sc2cc([N+](=O)[O-])ccc21. The molecule has 0 aliphatic heterocycles. The molecule has 1 heterocycles. The molecule has 0 bridgehead atoms. The van der Waals surface area contributed by atoms with Gasteiger partial charge in [-0.2, -0.15) is 4.99 Å². The van der Waals surface area contributed by atoms with Gasteiger partial charge in [0.15, 0.2) is 4.80 Å². The predicted molar refractivity (Wildman–Crippen MR) is 137 cm³/mol. The average Bonchev–Trinajstić information content (AvgIpc) is 3.18. The third kappa shape index (κ3) is 5.35. The molecular formula is C24H22N4O6S2. The van der Waals surface area contributed by atoms with Crippen LogP contribution in [0.3, 0.4) is 0 Å². The maximum absolute atomic E-state index is 13.2. The van der Waals surface area contributed by atoms with Crippen LogP contribution in [-0.4, -0.2) is 37.5 Å². The summed E-state index contributed by atoms with van der Waals surface area (Å²) in [5.41, 5.74) is 1.67. The second-order valence-corrected chi connectivity index (χ2v) is 10.5. The van der Waals surface area contributed by atoms with Crippen LogP contribution in [0.5, 0.6) is 0 Å². The third-order valence-corrected chi connectivity index (χ3v) is 7.75. The summed E-state index contributed by atoms with van der Waals surface area (Å²) >= 11 is 1.12. The minimum absolute atomic E-state index is 0.0647. The highest BCUT2D eigenvalue weighted by atomic mass is 32.2. The van der Waals surface area contributed by atoms with Crippen LogP contribution in [-0.2, 0) is 21.3 Å². The number of anilines is 1. The van der Waals surface area contributed by atoms with Gasteiger partial charge in [0.25, 0.3) is 21.6 Å². The Morgan fingerprint density at radius 3 is 2.56 bits per heavy atom. The number of nitro benzene ring substituents is 1. The molecule has 0 spiro atoms. The van der Waals surface area contributed by atoms with Crippen molar-refractivity contribution in [2.75, 3.05) is 18.4 Å². The lowest BCUT2D eigenvalue weighted by Crippen LogP contribution is -2.20. The number of hydrogen-bond acceptors (Lipinski definition) is 7. The van der Waals surface area contributed by atoms with E-state index in [0.717, 1.165) is 16.9 Å². The Morgan fingerprint density at radius 2 is 1.86 bits per heavy atom. The summed E-state index contributed by atoms with van der Waals surface area (Å²) in [7, 11) is -2.40. The zero-order valence-corrected chi connectivity index (χ0v) is 21.0. The number of nitrogens with zero attached hydrogens (tertiary/aromatic N) is 3. The van der Waals surface area contributed by atoms with Crippen LogP contribution in [0.2, 0.25) is 0 Å². The van der Waals surface area contributed by atoms with Crippen LogP contribution < -0.4 is 9.52 Å². The van der Waals surface area contributed by atoms with Crippen molar-refractivity contribution in [3.05, 3.63) is 92.8 Å². The third-order valence-electron chi connectivity index (χ3n) is 5.33. The monoisotopic (exact) mass is 526 g/mol. The van der Waals surface area contributed by atoms with Gasteiger partial charge in [-0.1, -0.05) is 41.2 Å². The lowest BCUT2D eigenvalue weighted by Gasteiger charge is -2.11. The molecule has 12 heteroatoms. The first-order valence-corrected chi connectivity index (χ1v) is 13.0. The standard InChI is InChI=1S/C24H22N4O6S2/c1-16-7-10-18(11-8-16)36(32,33)26-20-6-4-3-5-19(20)23(29)25-24-27(13-14-34-2)21-12-9-17(28(30)31)15-22(21)35-24/h3-12,15,26H,13-14H2,1-2H3. The number of methoxy groups -OCH3 is 1. The highest BCUT2D eigenvalue weighted by Crippen LogP contribution is 2.24. The van der Waals surface area contributed by atoms with E-state index in [9.17, 15) is 23.3 Å². The number of fused-ring (bicyclic) bond motifs is 1. The van der Waals surface area contributed by atoms with Gasteiger partial charge in [0.1, 0.15) is 0 Å². The van der Waals surface area contributed by atoms with Crippen LogP contribution in [0.1, 0.15) is 15.9 Å². The second kappa shape index (κ2) is 10.4. The van der Waals surface area contributed by atoms with E-state index in [1.54, 1.807) is 42.0 Å². The molecule has 0 aliphatic rings. The summed E-state index contributed by atoms with van der Waals surface area (Å²) in [4.78, 5) is 28.6. The maximum atomic E-state index is 13.2. The summed E-state index contributed by atoms with van der Waals surface area (Å²) in [5, 5.41) is 11.2. The number of aromatic nitrogens is 1. The van der Waals surface area contributed by atoms with Gasteiger partial charge < -0.3 is 9.30 Å². The molecule has 0 radical (unpaired) electrons. The summed E-state index contributed by atoms with van der Waals surface area (Å²) in [5.74, 6) is -0.663. The van der Waals surface area contributed by atoms with Crippen LogP contribution >= 0.6 is 11.3 Å². The first kappa shape index (κ1) is 25.2. The second-order valence-electron chi connectivity index (χ2n) is 7.82. The van der Waals surface area contributed by atoms with E-state index in [2.05, 4.69) is 9.71 Å². The number of amides is 1. The number of non-ortho nitro benzene ring substituents is 1. The maximum Gasteiger partial charge on any atom is 0.281 e. The molecule has 0 saturated heterocycles. The fourth-order valence-electron chi connectivity index (χ4n) is 3.49. The molecule has 36 heavy (non-hydrogen) atoms. The number of benzene rings is 3. The van der Waals surface area contributed by atoms with Crippen LogP contribution in [0.15, 0.2) is 76.6 Å². The number of carbonyl (C=O) groups is 1. The van der Waals surface area contributed by atoms with Gasteiger partial charge in [-0.3, -0.25) is 19.6 Å². The van der Waals surface area contributed by atoms with Crippen LogP contribution in [0, 0.1) is 17.0 Å². The van der Waals surface area contributed by atoms with E-state index in [1.807, 2.05) is 6.92 Å². The molecule has 1 N–H and O–H groups in total. The Morgan fingerprint density at radius 1 is 1.14 bits per heavy atom. The van der Waals surface area contributed by atoms with Gasteiger partial charge in [-0.05, 0) is 37.3 Å². The van der Waals surface area contributed by atoms with Gasteiger partial charge in [-0.25, -0.2) is 8.42 Å².